The Morgan fingerprint density at radius 2 is 1.80 bits per heavy atom. The number of rotatable bonds is 6. The van der Waals surface area contributed by atoms with Gasteiger partial charge in [0.15, 0.2) is 0 Å². The molecule has 0 unspecified atom stereocenters. The second kappa shape index (κ2) is 7.62. The van der Waals surface area contributed by atoms with Crippen LogP contribution in [0.1, 0.15) is 26.7 Å². The fraction of sp³-hybridized carbons (Fsp3) is 0.933. The van der Waals surface area contributed by atoms with Crippen molar-refractivity contribution in [3.8, 4) is 0 Å². The third-order valence-electron chi connectivity index (χ3n) is 4.36. The SMILES string of the molecule is CN1CCC(N(C)CCN(C)C(=O)C(C)(C)CCl)CC1. The molecule has 0 N–H and O–H groups in total. The molecule has 0 bridgehead atoms. The molecule has 1 aliphatic heterocycles. The number of hydrogen-bond donors (Lipinski definition) is 0. The molecule has 1 aliphatic rings. The van der Waals surface area contributed by atoms with E-state index in [-0.39, 0.29) is 5.91 Å². The zero-order valence-corrected chi connectivity index (χ0v) is 14.4. The van der Waals surface area contributed by atoms with Crippen LogP contribution in [-0.2, 0) is 4.79 Å². The zero-order chi connectivity index (χ0) is 15.3. The molecule has 1 heterocycles. The van der Waals surface area contributed by atoms with Crippen LogP contribution >= 0.6 is 11.6 Å². The Kier molecular flexibility index (Phi) is 6.76. The molecule has 1 amide bonds. The van der Waals surface area contributed by atoms with Crippen molar-refractivity contribution in [3.63, 3.8) is 0 Å². The minimum Gasteiger partial charge on any atom is -0.344 e. The number of carbonyl (C=O) groups excluding carboxylic acids is 1. The van der Waals surface area contributed by atoms with E-state index in [2.05, 4.69) is 23.9 Å². The summed E-state index contributed by atoms with van der Waals surface area (Å²) in [7, 11) is 6.22. The van der Waals surface area contributed by atoms with E-state index in [1.54, 1.807) is 0 Å². The van der Waals surface area contributed by atoms with Gasteiger partial charge in [-0.15, -0.1) is 11.6 Å². The van der Waals surface area contributed by atoms with Gasteiger partial charge in [0.25, 0.3) is 0 Å². The third-order valence-corrected chi connectivity index (χ3v) is 5.03. The van der Waals surface area contributed by atoms with E-state index in [1.807, 2.05) is 25.8 Å². The molecule has 0 spiro atoms. The Bertz CT molecular complexity index is 314. The maximum atomic E-state index is 12.2. The molecular formula is C15H30ClN3O. The maximum absolute atomic E-state index is 12.2. The minimum absolute atomic E-state index is 0.129. The number of likely N-dealkylation sites (tertiary alicyclic amines) is 1. The summed E-state index contributed by atoms with van der Waals surface area (Å²) >= 11 is 5.87. The number of alkyl halides is 1. The number of nitrogens with zero attached hydrogens (tertiary/aromatic N) is 3. The van der Waals surface area contributed by atoms with Crippen molar-refractivity contribution in [2.45, 2.75) is 32.7 Å². The number of likely N-dealkylation sites (N-methyl/N-ethyl adjacent to an activating group) is 2. The van der Waals surface area contributed by atoms with E-state index >= 15 is 0 Å². The van der Waals surface area contributed by atoms with Gasteiger partial charge in [0.1, 0.15) is 0 Å². The molecule has 20 heavy (non-hydrogen) atoms. The molecule has 1 rings (SSSR count). The predicted octanol–water partition coefficient (Wildman–Crippen LogP) is 1.74. The van der Waals surface area contributed by atoms with Crippen molar-refractivity contribution in [2.24, 2.45) is 5.41 Å². The van der Waals surface area contributed by atoms with Crippen LogP contribution in [0.3, 0.4) is 0 Å². The average Bonchev–Trinajstić information content (AvgIpc) is 2.44. The van der Waals surface area contributed by atoms with Crippen molar-refractivity contribution in [2.75, 3.05) is 53.2 Å². The molecule has 0 radical (unpaired) electrons. The van der Waals surface area contributed by atoms with E-state index in [1.165, 1.54) is 25.9 Å². The molecular weight excluding hydrogens is 274 g/mol. The van der Waals surface area contributed by atoms with E-state index < -0.39 is 5.41 Å². The van der Waals surface area contributed by atoms with Crippen LogP contribution in [0.25, 0.3) is 0 Å². The van der Waals surface area contributed by atoms with Crippen LogP contribution in [0.15, 0.2) is 0 Å². The van der Waals surface area contributed by atoms with Gasteiger partial charge in [-0.25, -0.2) is 0 Å². The van der Waals surface area contributed by atoms with Gasteiger partial charge in [-0.1, -0.05) is 0 Å². The van der Waals surface area contributed by atoms with Crippen molar-refractivity contribution < 1.29 is 4.79 Å². The summed E-state index contributed by atoms with van der Waals surface area (Å²) in [6.07, 6.45) is 2.44. The van der Waals surface area contributed by atoms with Gasteiger partial charge in [-0.3, -0.25) is 4.79 Å². The summed E-state index contributed by atoms with van der Waals surface area (Å²) in [4.78, 5) is 18.8. The van der Waals surface area contributed by atoms with Crippen molar-refractivity contribution in [1.82, 2.24) is 14.7 Å². The Hall–Kier alpha value is -0.320. The van der Waals surface area contributed by atoms with E-state index in [0.29, 0.717) is 11.9 Å². The van der Waals surface area contributed by atoms with Crippen molar-refractivity contribution >= 4 is 17.5 Å². The van der Waals surface area contributed by atoms with E-state index in [9.17, 15) is 4.79 Å². The van der Waals surface area contributed by atoms with Gasteiger partial charge in [0, 0.05) is 32.1 Å². The first-order chi connectivity index (χ1) is 9.27. The zero-order valence-electron chi connectivity index (χ0n) is 13.7. The van der Waals surface area contributed by atoms with Crippen LogP contribution in [-0.4, -0.2) is 79.9 Å². The van der Waals surface area contributed by atoms with Gasteiger partial charge in [0.05, 0.1) is 5.41 Å². The molecule has 118 valence electrons. The Morgan fingerprint density at radius 1 is 1.25 bits per heavy atom. The Balaban J connectivity index is 2.37. The van der Waals surface area contributed by atoms with Crippen LogP contribution in [0.5, 0.6) is 0 Å². The van der Waals surface area contributed by atoms with Crippen LogP contribution < -0.4 is 0 Å². The smallest absolute Gasteiger partial charge is 0.229 e. The number of hydrogen-bond acceptors (Lipinski definition) is 3. The summed E-state index contributed by atoms with van der Waals surface area (Å²) in [5, 5.41) is 0. The first-order valence-electron chi connectivity index (χ1n) is 7.48. The Morgan fingerprint density at radius 3 is 2.30 bits per heavy atom. The first-order valence-corrected chi connectivity index (χ1v) is 8.01. The standard InChI is InChI=1S/C15H30ClN3O/c1-15(2,12-16)14(20)19(5)11-10-18(4)13-6-8-17(3)9-7-13/h13H,6-12H2,1-5H3. The summed E-state index contributed by atoms with van der Waals surface area (Å²) < 4.78 is 0. The second-order valence-electron chi connectivity index (χ2n) is 6.76. The van der Waals surface area contributed by atoms with Gasteiger partial charge >= 0.3 is 0 Å². The average molecular weight is 304 g/mol. The lowest BCUT2D eigenvalue weighted by Crippen LogP contribution is -2.46. The second-order valence-corrected chi connectivity index (χ2v) is 7.03. The third kappa shape index (κ3) is 4.90. The molecule has 0 atom stereocenters. The topological polar surface area (TPSA) is 26.8 Å². The lowest BCUT2D eigenvalue weighted by molar-refractivity contribution is -0.138. The largest absolute Gasteiger partial charge is 0.344 e. The van der Waals surface area contributed by atoms with Gasteiger partial charge in [0.2, 0.25) is 5.91 Å². The van der Waals surface area contributed by atoms with Gasteiger partial charge < -0.3 is 14.7 Å². The quantitative estimate of drug-likeness (QED) is 0.699. The molecule has 0 aliphatic carbocycles. The fourth-order valence-electron chi connectivity index (χ4n) is 2.60. The highest BCUT2D eigenvalue weighted by molar-refractivity contribution is 6.19. The van der Waals surface area contributed by atoms with E-state index in [4.69, 9.17) is 11.6 Å². The van der Waals surface area contributed by atoms with E-state index in [0.717, 1.165) is 13.1 Å². The summed E-state index contributed by atoms with van der Waals surface area (Å²) in [6, 6.07) is 0.649. The highest BCUT2D eigenvalue weighted by Crippen LogP contribution is 2.20. The summed E-state index contributed by atoms with van der Waals surface area (Å²) in [5.41, 5.74) is -0.470. The lowest BCUT2D eigenvalue weighted by atomic mass is 9.94. The van der Waals surface area contributed by atoms with Crippen LogP contribution in [0.2, 0.25) is 0 Å². The summed E-state index contributed by atoms with van der Waals surface area (Å²) in [6.45, 7) is 7.84. The molecule has 1 saturated heterocycles. The molecule has 0 saturated carbocycles. The van der Waals surface area contributed by atoms with Gasteiger partial charge in [-0.2, -0.15) is 0 Å². The molecule has 1 fully saturated rings. The van der Waals surface area contributed by atoms with Crippen molar-refractivity contribution in [3.05, 3.63) is 0 Å². The number of carbonyl (C=O) groups is 1. The molecule has 5 heteroatoms. The van der Waals surface area contributed by atoms with Crippen LogP contribution in [0.4, 0.5) is 0 Å². The molecule has 0 aromatic heterocycles. The first kappa shape index (κ1) is 17.7. The predicted molar refractivity (Wildman–Crippen MR) is 85.3 cm³/mol. The number of amides is 1. The highest BCUT2D eigenvalue weighted by Gasteiger charge is 2.29. The van der Waals surface area contributed by atoms with Gasteiger partial charge in [-0.05, 0) is 53.9 Å². The Labute approximate surface area is 129 Å². The highest BCUT2D eigenvalue weighted by atomic mass is 35.5. The number of halogens is 1. The maximum Gasteiger partial charge on any atom is 0.229 e. The number of piperidine rings is 1. The molecule has 0 aromatic rings. The summed E-state index contributed by atoms with van der Waals surface area (Å²) in [5.74, 6) is 0.491. The monoisotopic (exact) mass is 303 g/mol. The van der Waals surface area contributed by atoms with Crippen LogP contribution in [0, 0.1) is 5.41 Å². The lowest BCUT2D eigenvalue weighted by Gasteiger charge is -2.36. The fourth-order valence-corrected chi connectivity index (χ4v) is 2.72. The normalized spacial score (nSPS) is 18.6. The molecule has 4 nitrogen and oxygen atoms in total. The van der Waals surface area contributed by atoms with Crippen molar-refractivity contribution in [1.29, 1.82) is 0 Å². The molecule has 0 aromatic carbocycles. The minimum atomic E-state index is -0.470.